The lowest BCUT2D eigenvalue weighted by molar-refractivity contribution is 0.627. The highest BCUT2D eigenvalue weighted by molar-refractivity contribution is 6.09. The van der Waals surface area contributed by atoms with Crippen molar-refractivity contribution in [3.63, 3.8) is 0 Å². The van der Waals surface area contributed by atoms with Crippen molar-refractivity contribution in [2.75, 3.05) is 0 Å². The van der Waals surface area contributed by atoms with Crippen LogP contribution in [0.3, 0.4) is 0 Å². The molecule has 0 unspecified atom stereocenters. The van der Waals surface area contributed by atoms with Crippen molar-refractivity contribution in [2.24, 2.45) is 0 Å². The molecule has 0 nitrogen and oxygen atoms in total. The van der Waals surface area contributed by atoms with Crippen LogP contribution in [0.2, 0.25) is 0 Å². The van der Waals surface area contributed by atoms with E-state index in [4.69, 9.17) is 0 Å². The molecule has 0 saturated carbocycles. The Labute approximate surface area is 185 Å². The normalized spacial score (nSPS) is 10.3. The van der Waals surface area contributed by atoms with Gasteiger partial charge in [0.15, 0.2) is 0 Å². The van der Waals surface area contributed by atoms with Gasteiger partial charge in [-0.15, -0.1) is 0 Å². The largest absolute Gasteiger partial charge is 0.207 e. The number of benzene rings is 5. The van der Waals surface area contributed by atoms with E-state index in [1.54, 1.807) is 24.3 Å². The predicted octanol–water partition coefficient (Wildman–Crippen LogP) is 7.07. The lowest BCUT2D eigenvalue weighted by Crippen LogP contribution is -1.90. The molecule has 5 aromatic rings. The van der Waals surface area contributed by atoms with Gasteiger partial charge in [0.05, 0.1) is 0 Å². The molecule has 0 bridgehead atoms. The van der Waals surface area contributed by atoms with Gasteiger partial charge < -0.3 is 0 Å². The maximum absolute atomic E-state index is 13.2. The smallest absolute Gasteiger partial charge is 0.123 e. The molecule has 0 spiro atoms. The molecule has 0 saturated heterocycles. The summed E-state index contributed by atoms with van der Waals surface area (Å²) in [5.41, 5.74) is 3.32. The summed E-state index contributed by atoms with van der Waals surface area (Å²) in [6, 6.07) is 28.4. The molecule has 0 atom stereocenters. The molecule has 32 heavy (non-hydrogen) atoms. The van der Waals surface area contributed by atoms with Crippen LogP contribution < -0.4 is 0 Å². The first-order valence-corrected chi connectivity index (χ1v) is 10.2. The zero-order valence-corrected chi connectivity index (χ0v) is 17.0. The maximum Gasteiger partial charge on any atom is 0.123 e. The number of hydrogen-bond donors (Lipinski definition) is 0. The minimum absolute atomic E-state index is 0.282. The highest BCUT2D eigenvalue weighted by Gasteiger charge is 2.11. The van der Waals surface area contributed by atoms with Crippen molar-refractivity contribution in [1.82, 2.24) is 0 Å². The van der Waals surface area contributed by atoms with Crippen molar-refractivity contribution in [1.29, 1.82) is 0 Å². The van der Waals surface area contributed by atoms with Gasteiger partial charge in [-0.05, 0) is 70.1 Å². The fraction of sp³-hybridized carbons (Fsp3) is 0. The van der Waals surface area contributed by atoms with Crippen LogP contribution in [0, 0.1) is 35.3 Å². The Balaban J connectivity index is 1.75. The molecule has 0 aromatic heterocycles. The van der Waals surface area contributed by atoms with Crippen LogP contribution in [0.5, 0.6) is 0 Å². The highest BCUT2D eigenvalue weighted by Crippen LogP contribution is 2.32. The molecule has 0 N–H and O–H groups in total. The van der Waals surface area contributed by atoms with E-state index in [-0.39, 0.29) is 11.6 Å². The van der Waals surface area contributed by atoms with Gasteiger partial charge in [0.2, 0.25) is 0 Å². The quantitative estimate of drug-likeness (QED) is 0.188. The first-order chi connectivity index (χ1) is 15.7. The highest BCUT2D eigenvalue weighted by atomic mass is 19.1. The van der Waals surface area contributed by atoms with Gasteiger partial charge in [0.25, 0.3) is 0 Å². The zero-order valence-electron chi connectivity index (χ0n) is 17.0. The van der Waals surface area contributed by atoms with Crippen molar-refractivity contribution >= 4 is 21.5 Å². The van der Waals surface area contributed by atoms with E-state index in [2.05, 4.69) is 23.7 Å². The molecule has 0 aliphatic carbocycles. The van der Waals surface area contributed by atoms with E-state index in [9.17, 15) is 8.78 Å². The Hall–Kier alpha value is -4.40. The number of hydrogen-bond acceptors (Lipinski definition) is 0. The number of fused-ring (bicyclic) bond motifs is 2. The lowest BCUT2D eigenvalue weighted by atomic mass is 9.92. The SMILES string of the molecule is Fc1ccc(C#Cc2c3ccccc3c(C#Cc3ccc(F)cc3)c3ccccc23)cc1. The fourth-order valence-corrected chi connectivity index (χ4v) is 3.73. The van der Waals surface area contributed by atoms with E-state index in [1.165, 1.54) is 24.3 Å². The zero-order chi connectivity index (χ0) is 21.9. The van der Waals surface area contributed by atoms with E-state index in [1.807, 2.05) is 48.5 Å². The molecule has 0 aliphatic heterocycles. The molecule has 0 fully saturated rings. The Kier molecular flexibility index (Phi) is 5.12. The Morgan fingerprint density at radius 3 is 1.00 bits per heavy atom. The van der Waals surface area contributed by atoms with E-state index in [0.717, 1.165) is 43.8 Å². The maximum atomic E-state index is 13.2. The second-order valence-electron chi connectivity index (χ2n) is 7.35. The van der Waals surface area contributed by atoms with E-state index < -0.39 is 0 Å². The number of rotatable bonds is 0. The average molecular weight is 414 g/mol. The minimum atomic E-state index is -0.282. The first kappa shape index (κ1) is 19.6. The minimum Gasteiger partial charge on any atom is -0.207 e. The van der Waals surface area contributed by atoms with Gasteiger partial charge in [-0.3, -0.25) is 0 Å². The van der Waals surface area contributed by atoms with Gasteiger partial charge in [0, 0.05) is 22.3 Å². The van der Waals surface area contributed by atoms with E-state index in [0.29, 0.717) is 0 Å². The summed E-state index contributed by atoms with van der Waals surface area (Å²) in [4.78, 5) is 0. The Morgan fingerprint density at radius 2 is 0.688 bits per heavy atom. The second kappa shape index (κ2) is 8.38. The second-order valence-corrected chi connectivity index (χ2v) is 7.35. The third-order valence-electron chi connectivity index (χ3n) is 5.28. The monoisotopic (exact) mass is 414 g/mol. The summed E-state index contributed by atoms with van der Waals surface area (Å²) in [5, 5.41) is 4.02. The van der Waals surface area contributed by atoms with E-state index >= 15 is 0 Å². The van der Waals surface area contributed by atoms with Gasteiger partial charge >= 0.3 is 0 Å². The standard InChI is InChI=1S/C30H16F2/c31-23-15-9-21(10-16-23)13-19-29-25-5-1-2-6-26(25)30(28-8-4-3-7-27(28)29)20-14-22-11-17-24(32)18-12-22/h1-12,15-18H. The fourth-order valence-electron chi connectivity index (χ4n) is 3.73. The van der Waals surface area contributed by atoms with Gasteiger partial charge in [-0.2, -0.15) is 0 Å². The molecular formula is C30H16F2. The summed E-state index contributed by atoms with van der Waals surface area (Å²) in [7, 11) is 0. The molecular weight excluding hydrogens is 398 g/mol. The molecule has 0 aliphatic rings. The lowest BCUT2D eigenvalue weighted by Gasteiger charge is -2.10. The molecule has 0 heterocycles. The van der Waals surface area contributed by atoms with Crippen molar-refractivity contribution in [3.8, 4) is 23.7 Å². The van der Waals surface area contributed by atoms with Crippen molar-refractivity contribution in [3.05, 3.63) is 131 Å². The van der Waals surface area contributed by atoms with Crippen LogP contribution in [0.15, 0.2) is 97.1 Å². The first-order valence-electron chi connectivity index (χ1n) is 10.2. The summed E-state index contributed by atoms with van der Waals surface area (Å²) >= 11 is 0. The number of halogens is 2. The molecule has 5 rings (SSSR count). The van der Waals surface area contributed by atoms with Crippen LogP contribution in [-0.2, 0) is 0 Å². The van der Waals surface area contributed by atoms with Crippen LogP contribution in [0.4, 0.5) is 8.78 Å². The summed E-state index contributed by atoms with van der Waals surface area (Å²) < 4.78 is 26.5. The van der Waals surface area contributed by atoms with Gasteiger partial charge in [-0.1, -0.05) is 72.2 Å². The van der Waals surface area contributed by atoms with Gasteiger partial charge in [0.1, 0.15) is 11.6 Å². The summed E-state index contributed by atoms with van der Waals surface area (Å²) in [6.45, 7) is 0. The average Bonchev–Trinajstić information content (AvgIpc) is 2.83. The summed E-state index contributed by atoms with van der Waals surface area (Å²) in [5.74, 6) is 12.4. The van der Waals surface area contributed by atoms with Gasteiger partial charge in [-0.25, -0.2) is 8.78 Å². The third kappa shape index (κ3) is 3.83. The third-order valence-corrected chi connectivity index (χ3v) is 5.28. The molecule has 0 amide bonds. The topological polar surface area (TPSA) is 0 Å². The van der Waals surface area contributed by atoms with Crippen molar-refractivity contribution in [2.45, 2.75) is 0 Å². The van der Waals surface area contributed by atoms with Crippen LogP contribution in [-0.4, -0.2) is 0 Å². The Morgan fingerprint density at radius 1 is 0.375 bits per heavy atom. The summed E-state index contributed by atoms with van der Waals surface area (Å²) in [6.07, 6.45) is 0. The van der Waals surface area contributed by atoms with Crippen LogP contribution in [0.25, 0.3) is 21.5 Å². The Bertz CT molecular complexity index is 1390. The predicted molar refractivity (Wildman–Crippen MR) is 126 cm³/mol. The molecule has 0 radical (unpaired) electrons. The molecule has 150 valence electrons. The van der Waals surface area contributed by atoms with Crippen LogP contribution >= 0.6 is 0 Å². The van der Waals surface area contributed by atoms with Crippen molar-refractivity contribution < 1.29 is 8.78 Å². The van der Waals surface area contributed by atoms with Crippen LogP contribution in [0.1, 0.15) is 22.3 Å². The molecule has 5 aromatic carbocycles. The molecule has 2 heteroatoms.